The molecule has 19 heavy (non-hydrogen) atoms. The molecule has 0 aliphatic rings. The first-order valence-corrected chi connectivity index (χ1v) is 8.10. The lowest BCUT2D eigenvalue weighted by Gasteiger charge is -2.12. The third-order valence-electron chi connectivity index (χ3n) is 2.60. The van der Waals surface area contributed by atoms with Gasteiger partial charge in [-0.2, -0.15) is 20.5 Å². The van der Waals surface area contributed by atoms with E-state index in [4.69, 9.17) is 17.3 Å². The number of nitrogens with zero attached hydrogens (tertiary/aromatic N) is 2. The SMILES string of the molecule is CSCC[C@@H](N)C(=O)Nc1c(Cl)ccc2nsnc12. The van der Waals surface area contributed by atoms with Crippen molar-refractivity contribution >= 4 is 57.7 Å². The molecule has 0 unspecified atom stereocenters. The van der Waals surface area contributed by atoms with E-state index in [0.717, 1.165) is 17.5 Å². The van der Waals surface area contributed by atoms with Crippen molar-refractivity contribution in [2.45, 2.75) is 12.5 Å². The number of amides is 1. The van der Waals surface area contributed by atoms with Gasteiger partial charge >= 0.3 is 0 Å². The fraction of sp³-hybridized carbons (Fsp3) is 0.364. The number of halogens is 1. The third-order valence-corrected chi connectivity index (χ3v) is 4.10. The summed E-state index contributed by atoms with van der Waals surface area (Å²) in [6.07, 6.45) is 2.60. The van der Waals surface area contributed by atoms with Crippen molar-refractivity contribution in [1.29, 1.82) is 0 Å². The molecule has 0 aliphatic carbocycles. The van der Waals surface area contributed by atoms with Gasteiger partial charge in [0.15, 0.2) is 0 Å². The van der Waals surface area contributed by atoms with Crippen LogP contribution in [0.4, 0.5) is 5.69 Å². The lowest BCUT2D eigenvalue weighted by Crippen LogP contribution is -2.36. The van der Waals surface area contributed by atoms with E-state index >= 15 is 0 Å². The zero-order valence-electron chi connectivity index (χ0n) is 10.2. The van der Waals surface area contributed by atoms with Crippen molar-refractivity contribution < 1.29 is 4.79 Å². The molecule has 0 saturated heterocycles. The van der Waals surface area contributed by atoms with Crippen LogP contribution in [-0.2, 0) is 4.79 Å². The minimum absolute atomic E-state index is 0.253. The number of hydrogen-bond acceptors (Lipinski definition) is 6. The van der Waals surface area contributed by atoms with Crippen molar-refractivity contribution in [3.63, 3.8) is 0 Å². The molecule has 3 N–H and O–H groups in total. The Labute approximate surface area is 124 Å². The highest BCUT2D eigenvalue weighted by molar-refractivity contribution is 7.98. The van der Waals surface area contributed by atoms with Gasteiger partial charge in [-0.15, -0.1) is 0 Å². The number of thioether (sulfide) groups is 1. The molecule has 5 nitrogen and oxygen atoms in total. The number of hydrogen-bond donors (Lipinski definition) is 2. The van der Waals surface area contributed by atoms with Crippen LogP contribution in [0.25, 0.3) is 11.0 Å². The Kier molecular flexibility index (Phi) is 4.98. The van der Waals surface area contributed by atoms with Gasteiger partial charge in [-0.25, -0.2) is 0 Å². The van der Waals surface area contributed by atoms with Crippen LogP contribution in [0.15, 0.2) is 12.1 Å². The fourth-order valence-electron chi connectivity index (χ4n) is 1.54. The molecule has 1 aromatic carbocycles. The van der Waals surface area contributed by atoms with Gasteiger partial charge in [-0.05, 0) is 30.6 Å². The number of carbonyl (C=O) groups excluding carboxylic acids is 1. The number of aromatic nitrogens is 2. The van der Waals surface area contributed by atoms with Crippen molar-refractivity contribution in [2.24, 2.45) is 5.73 Å². The van der Waals surface area contributed by atoms with Crippen LogP contribution in [0.2, 0.25) is 5.02 Å². The smallest absolute Gasteiger partial charge is 0.241 e. The highest BCUT2D eigenvalue weighted by Crippen LogP contribution is 2.29. The molecule has 0 fully saturated rings. The maximum Gasteiger partial charge on any atom is 0.241 e. The molecule has 1 aromatic heterocycles. The Hall–Kier alpha value is -0.890. The molecule has 0 aliphatic heterocycles. The van der Waals surface area contributed by atoms with Crippen LogP contribution in [0.5, 0.6) is 0 Å². The first kappa shape index (κ1) is 14.5. The number of rotatable bonds is 5. The molecule has 2 rings (SSSR count). The van der Waals surface area contributed by atoms with Crippen molar-refractivity contribution in [3.05, 3.63) is 17.2 Å². The first-order valence-electron chi connectivity index (χ1n) is 5.59. The van der Waals surface area contributed by atoms with Crippen molar-refractivity contribution in [3.8, 4) is 0 Å². The zero-order valence-corrected chi connectivity index (χ0v) is 12.6. The molecule has 1 heterocycles. The number of anilines is 1. The van der Waals surface area contributed by atoms with Crippen LogP contribution >= 0.6 is 35.1 Å². The summed E-state index contributed by atoms with van der Waals surface area (Å²) in [4.78, 5) is 12.0. The molecule has 1 amide bonds. The van der Waals surface area contributed by atoms with Crippen molar-refractivity contribution in [2.75, 3.05) is 17.3 Å². The zero-order chi connectivity index (χ0) is 13.8. The summed E-state index contributed by atoms with van der Waals surface area (Å²) < 4.78 is 8.25. The molecule has 0 bridgehead atoms. The second-order valence-electron chi connectivity index (χ2n) is 3.93. The molecule has 1 atom stereocenters. The summed E-state index contributed by atoms with van der Waals surface area (Å²) in [5.41, 5.74) is 7.61. The van der Waals surface area contributed by atoms with Gasteiger partial charge in [-0.1, -0.05) is 11.6 Å². The monoisotopic (exact) mass is 316 g/mol. The van der Waals surface area contributed by atoms with Crippen LogP contribution in [-0.4, -0.2) is 32.7 Å². The third kappa shape index (κ3) is 3.36. The Morgan fingerprint density at radius 2 is 2.37 bits per heavy atom. The molecular formula is C11H13ClN4OS2. The Bertz CT molecular complexity index is 589. The fourth-order valence-corrected chi connectivity index (χ4v) is 2.77. The summed E-state index contributed by atoms with van der Waals surface area (Å²) in [6.45, 7) is 0. The quantitative estimate of drug-likeness (QED) is 0.885. The number of nitrogens with one attached hydrogen (secondary N) is 1. The van der Waals surface area contributed by atoms with Crippen LogP contribution in [0.3, 0.4) is 0 Å². The lowest BCUT2D eigenvalue weighted by molar-refractivity contribution is -0.117. The van der Waals surface area contributed by atoms with E-state index in [-0.39, 0.29) is 5.91 Å². The Morgan fingerprint density at radius 1 is 1.58 bits per heavy atom. The minimum atomic E-state index is -0.551. The summed E-state index contributed by atoms with van der Waals surface area (Å²) in [5.74, 6) is 0.585. The number of nitrogens with two attached hydrogens (primary N) is 1. The molecule has 0 radical (unpaired) electrons. The first-order chi connectivity index (χ1) is 9.13. The van der Waals surface area contributed by atoms with Gasteiger partial charge in [-0.3, -0.25) is 4.79 Å². The van der Waals surface area contributed by atoms with Crippen molar-refractivity contribution in [1.82, 2.24) is 8.75 Å². The lowest BCUT2D eigenvalue weighted by atomic mass is 10.2. The largest absolute Gasteiger partial charge is 0.322 e. The van der Waals surface area contributed by atoms with E-state index in [0.29, 0.717) is 28.2 Å². The van der Waals surface area contributed by atoms with Gasteiger partial charge in [0, 0.05) is 0 Å². The highest BCUT2D eigenvalue weighted by atomic mass is 35.5. The summed E-state index contributed by atoms with van der Waals surface area (Å²) >= 11 is 8.83. The maximum absolute atomic E-state index is 12.0. The predicted molar refractivity (Wildman–Crippen MR) is 82.0 cm³/mol. The van der Waals surface area contributed by atoms with Crippen LogP contribution < -0.4 is 11.1 Å². The second-order valence-corrected chi connectivity index (χ2v) is 5.85. The van der Waals surface area contributed by atoms with Gasteiger partial charge in [0.05, 0.1) is 28.5 Å². The average Bonchev–Trinajstić information content (AvgIpc) is 2.87. The normalized spacial score (nSPS) is 12.6. The average molecular weight is 317 g/mol. The van der Waals surface area contributed by atoms with Gasteiger partial charge < -0.3 is 11.1 Å². The van der Waals surface area contributed by atoms with E-state index in [9.17, 15) is 4.79 Å². The van der Waals surface area contributed by atoms with E-state index in [1.54, 1.807) is 23.9 Å². The maximum atomic E-state index is 12.0. The standard InChI is InChI=1S/C11H13ClN4OS2/c1-18-5-4-7(13)11(17)14-9-6(12)2-3-8-10(9)16-19-15-8/h2-3,7H,4-5,13H2,1H3,(H,14,17)/t7-/m1/s1. The predicted octanol–water partition coefficient (Wildman–Crippen LogP) is 2.36. The van der Waals surface area contributed by atoms with Gasteiger partial charge in [0.25, 0.3) is 0 Å². The second kappa shape index (κ2) is 6.51. The molecule has 0 spiro atoms. The van der Waals surface area contributed by atoms with Crippen LogP contribution in [0, 0.1) is 0 Å². The van der Waals surface area contributed by atoms with Gasteiger partial charge in [0.1, 0.15) is 11.0 Å². The number of fused-ring (bicyclic) bond motifs is 1. The molecule has 8 heteroatoms. The molecule has 102 valence electrons. The summed E-state index contributed by atoms with van der Waals surface area (Å²) in [5, 5.41) is 3.18. The topological polar surface area (TPSA) is 80.9 Å². The number of benzene rings is 1. The van der Waals surface area contributed by atoms with Gasteiger partial charge in [0.2, 0.25) is 5.91 Å². The Morgan fingerprint density at radius 3 is 3.11 bits per heavy atom. The van der Waals surface area contributed by atoms with E-state index in [1.165, 1.54) is 0 Å². The Balaban J connectivity index is 2.18. The minimum Gasteiger partial charge on any atom is -0.322 e. The summed E-state index contributed by atoms with van der Waals surface area (Å²) in [7, 11) is 0. The van der Waals surface area contributed by atoms with Crippen LogP contribution in [0.1, 0.15) is 6.42 Å². The number of carbonyl (C=O) groups is 1. The highest BCUT2D eigenvalue weighted by Gasteiger charge is 2.17. The van der Waals surface area contributed by atoms with E-state index < -0.39 is 6.04 Å². The van der Waals surface area contributed by atoms with E-state index in [1.807, 2.05) is 6.26 Å². The molecule has 0 saturated carbocycles. The van der Waals surface area contributed by atoms with E-state index in [2.05, 4.69) is 14.1 Å². The molecule has 2 aromatic rings. The molecular weight excluding hydrogens is 304 g/mol. The summed E-state index contributed by atoms with van der Waals surface area (Å²) in [6, 6.07) is 2.91.